The molecule has 1 aromatic rings. The molecule has 0 bridgehead atoms. The molecule has 0 spiro atoms. The van der Waals surface area contributed by atoms with Gasteiger partial charge in [0.15, 0.2) is 0 Å². The number of aromatic carboxylic acids is 1. The Morgan fingerprint density at radius 3 is 2.62 bits per heavy atom. The van der Waals surface area contributed by atoms with Crippen LogP contribution in [0, 0.1) is 10.1 Å². The first-order valence-corrected chi connectivity index (χ1v) is 3.87. The Bertz CT molecular complexity index is 377. The minimum Gasteiger partial charge on any atom is -0.478 e. The molecule has 0 aromatic heterocycles. The van der Waals surface area contributed by atoms with Gasteiger partial charge in [-0.05, 0) is 12.1 Å². The van der Waals surface area contributed by atoms with E-state index in [-0.39, 0.29) is 11.3 Å². The van der Waals surface area contributed by atoms with E-state index in [4.69, 9.17) is 5.11 Å². The fraction of sp³-hybridized carbons (Fsp3) is 0. The minimum absolute atomic E-state index is 0.0853. The summed E-state index contributed by atoms with van der Waals surface area (Å²) < 4.78 is 0. The number of nitro groups is 1. The maximum absolute atomic E-state index is 10.5. The number of nitro benzene ring substituents is 1. The zero-order valence-corrected chi connectivity index (χ0v) is 7.58. The van der Waals surface area contributed by atoms with Crippen molar-refractivity contribution >= 4 is 26.2 Å². The Morgan fingerprint density at radius 2 is 2.15 bits per heavy atom. The standard InChI is InChI=1S/C7H6NO4P/c9-7(10)4-1-2-6(13)5(3-4)8(11)12/h1-3H,13H2,(H,9,10). The highest BCUT2D eigenvalue weighted by molar-refractivity contribution is 7.27. The van der Waals surface area contributed by atoms with Crippen LogP contribution in [0.2, 0.25) is 0 Å². The lowest BCUT2D eigenvalue weighted by Gasteiger charge is -1.97. The van der Waals surface area contributed by atoms with Crippen LogP contribution >= 0.6 is 9.24 Å². The molecule has 6 heteroatoms. The summed E-state index contributed by atoms with van der Waals surface area (Å²) in [6.07, 6.45) is 0. The van der Waals surface area contributed by atoms with Gasteiger partial charge in [-0.1, -0.05) is 9.24 Å². The van der Waals surface area contributed by atoms with Crippen LogP contribution in [0.3, 0.4) is 0 Å². The molecule has 1 unspecified atom stereocenters. The second-order valence-corrected chi connectivity index (χ2v) is 2.96. The predicted molar refractivity (Wildman–Crippen MR) is 49.4 cm³/mol. The van der Waals surface area contributed by atoms with Gasteiger partial charge in [0.05, 0.1) is 10.5 Å². The summed E-state index contributed by atoms with van der Waals surface area (Å²) in [4.78, 5) is 20.2. The lowest BCUT2D eigenvalue weighted by molar-refractivity contribution is -0.383. The molecule has 1 N–H and O–H groups in total. The maximum atomic E-state index is 10.5. The van der Waals surface area contributed by atoms with Crippen molar-refractivity contribution in [1.82, 2.24) is 0 Å². The van der Waals surface area contributed by atoms with Gasteiger partial charge in [-0.15, -0.1) is 0 Å². The third kappa shape index (κ3) is 2.00. The van der Waals surface area contributed by atoms with E-state index in [1.54, 1.807) is 0 Å². The second-order valence-electron chi connectivity index (χ2n) is 2.34. The number of carboxylic acids is 1. The number of hydrogen-bond donors (Lipinski definition) is 1. The highest BCUT2D eigenvalue weighted by Gasteiger charge is 2.13. The van der Waals surface area contributed by atoms with Gasteiger partial charge < -0.3 is 5.11 Å². The van der Waals surface area contributed by atoms with Gasteiger partial charge in [0, 0.05) is 11.4 Å². The van der Waals surface area contributed by atoms with Gasteiger partial charge in [0.2, 0.25) is 0 Å². The van der Waals surface area contributed by atoms with Crippen LogP contribution in [0.4, 0.5) is 5.69 Å². The monoisotopic (exact) mass is 199 g/mol. The van der Waals surface area contributed by atoms with E-state index in [9.17, 15) is 14.9 Å². The smallest absolute Gasteiger partial charge is 0.335 e. The molecular weight excluding hydrogens is 193 g/mol. The third-order valence-electron chi connectivity index (χ3n) is 1.47. The van der Waals surface area contributed by atoms with Gasteiger partial charge in [-0.2, -0.15) is 0 Å². The predicted octanol–water partition coefficient (Wildman–Crippen LogP) is 0.793. The Balaban J connectivity index is 3.27. The molecule has 0 saturated carbocycles. The first-order chi connectivity index (χ1) is 6.02. The highest BCUT2D eigenvalue weighted by Crippen LogP contribution is 2.13. The summed E-state index contributed by atoms with van der Waals surface area (Å²) in [5, 5.41) is 19.3. The summed E-state index contributed by atoms with van der Waals surface area (Å²) in [6.45, 7) is 0. The van der Waals surface area contributed by atoms with Crippen LogP contribution in [-0.2, 0) is 0 Å². The second kappa shape index (κ2) is 3.49. The van der Waals surface area contributed by atoms with Crippen molar-refractivity contribution in [3.63, 3.8) is 0 Å². The quantitative estimate of drug-likeness (QED) is 0.433. The van der Waals surface area contributed by atoms with Crippen molar-refractivity contribution in [2.45, 2.75) is 0 Å². The Labute approximate surface area is 75.7 Å². The molecule has 13 heavy (non-hydrogen) atoms. The molecule has 0 amide bonds. The first-order valence-electron chi connectivity index (χ1n) is 3.29. The van der Waals surface area contributed by atoms with Crippen molar-refractivity contribution in [3.05, 3.63) is 33.9 Å². The average Bonchev–Trinajstić information content (AvgIpc) is 2.04. The molecule has 0 saturated heterocycles. The molecule has 0 radical (unpaired) electrons. The van der Waals surface area contributed by atoms with Crippen molar-refractivity contribution in [2.75, 3.05) is 0 Å². The van der Waals surface area contributed by atoms with E-state index in [0.717, 1.165) is 6.07 Å². The lowest BCUT2D eigenvalue weighted by atomic mass is 10.2. The lowest BCUT2D eigenvalue weighted by Crippen LogP contribution is -2.05. The summed E-state index contributed by atoms with van der Waals surface area (Å²) in [5.41, 5.74) is -0.289. The summed E-state index contributed by atoms with van der Waals surface area (Å²) >= 11 is 0. The molecular formula is C7H6NO4P. The molecule has 1 atom stereocenters. The number of carbonyl (C=O) groups is 1. The number of nitrogens with zero attached hydrogens (tertiary/aromatic N) is 1. The Kier molecular flexibility index (Phi) is 2.58. The zero-order valence-electron chi connectivity index (χ0n) is 6.43. The molecule has 0 aliphatic rings. The molecule has 0 fully saturated rings. The van der Waals surface area contributed by atoms with E-state index < -0.39 is 10.9 Å². The van der Waals surface area contributed by atoms with Crippen LogP contribution < -0.4 is 5.30 Å². The molecule has 0 aliphatic carbocycles. The van der Waals surface area contributed by atoms with E-state index in [0.29, 0.717) is 5.30 Å². The van der Waals surface area contributed by atoms with Crippen molar-refractivity contribution in [2.24, 2.45) is 0 Å². The van der Waals surface area contributed by atoms with Crippen LogP contribution in [0.15, 0.2) is 18.2 Å². The van der Waals surface area contributed by atoms with E-state index in [1.807, 2.05) is 0 Å². The molecule has 68 valence electrons. The van der Waals surface area contributed by atoms with E-state index >= 15 is 0 Å². The molecule has 1 aromatic carbocycles. The number of benzene rings is 1. The normalized spacial score (nSPS) is 9.62. The van der Waals surface area contributed by atoms with Crippen LogP contribution in [0.25, 0.3) is 0 Å². The SMILES string of the molecule is O=C(O)c1ccc(P)c([N+](=O)[O-])c1. The Morgan fingerprint density at radius 1 is 1.54 bits per heavy atom. The fourth-order valence-electron chi connectivity index (χ4n) is 0.835. The fourth-order valence-corrected chi connectivity index (χ4v) is 1.12. The van der Waals surface area contributed by atoms with Crippen LogP contribution in [0.5, 0.6) is 0 Å². The van der Waals surface area contributed by atoms with Gasteiger partial charge in [-0.25, -0.2) is 4.79 Å². The van der Waals surface area contributed by atoms with Crippen molar-refractivity contribution in [3.8, 4) is 0 Å². The van der Waals surface area contributed by atoms with Crippen molar-refractivity contribution in [1.29, 1.82) is 0 Å². The van der Waals surface area contributed by atoms with Crippen LogP contribution in [-0.4, -0.2) is 16.0 Å². The Hall–Kier alpha value is -1.48. The van der Waals surface area contributed by atoms with Crippen molar-refractivity contribution < 1.29 is 14.8 Å². The molecule has 1 rings (SSSR count). The molecule has 5 nitrogen and oxygen atoms in total. The molecule has 0 heterocycles. The number of carboxylic acid groups (broad SMARTS) is 1. The third-order valence-corrected chi connectivity index (χ3v) is 1.96. The summed E-state index contributed by atoms with van der Waals surface area (Å²) in [6, 6.07) is 3.73. The topological polar surface area (TPSA) is 80.4 Å². The van der Waals surface area contributed by atoms with Gasteiger partial charge in [-0.3, -0.25) is 10.1 Å². The first kappa shape index (κ1) is 9.61. The van der Waals surface area contributed by atoms with Gasteiger partial charge in [0.1, 0.15) is 0 Å². The van der Waals surface area contributed by atoms with Gasteiger partial charge >= 0.3 is 5.97 Å². The summed E-state index contributed by atoms with van der Waals surface area (Å²) in [5.74, 6) is -1.17. The zero-order chi connectivity index (χ0) is 10.0. The number of hydrogen-bond acceptors (Lipinski definition) is 3. The highest BCUT2D eigenvalue weighted by atomic mass is 31.0. The molecule has 0 aliphatic heterocycles. The average molecular weight is 199 g/mol. The minimum atomic E-state index is -1.17. The van der Waals surface area contributed by atoms with Crippen LogP contribution in [0.1, 0.15) is 10.4 Å². The summed E-state index contributed by atoms with van der Waals surface area (Å²) in [7, 11) is 2.18. The number of rotatable bonds is 2. The largest absolute Gasteiger partial charge is 0.478 e. The van der Waals surface area contributed by atoms with Gasteiger partial charge in [0.25, 0.3) is 5.69 Å². The van der Waals surface area contributed by atoms with E-state index in [2.05, 4.69) is 9.24 Å². The maximum Gasteiger partial charge on any atom is 0.335 e. The van der Waals surface area contributed by atoms with E-state index in [1.165, 1.54) is 12.1 Å².